The first-order valence-electron chi connectivity index (χ1n) is 16.1. The maximum Gasteiger partial charge on any atom is 0.261 e. The Hall–Kier alpha value is -4.88. The molecule has 1 spiro atoms. The predicted octanol–water partition coefficient (Wildman–Crippen LogP) is 5.96. The maximum atomic E-state index is 14.3. The van der Waals surface area contributed by atoms with Crippen molar-refractivity contribution < 1.29 is 38.1 Å². The molecule has 3 aromatic carbocycles. The number of hydrogen-bond donors (Lipinski definition) is 2. The smallest absolute Gasteiger partial charge is 0.261 e. The minimum absolute atomic E-state index is 0.00153. The van der Waals surface area contributed by atoms with Crippen LogP contribution in [-0.2, 0) is 16.1 Å². The van der Waals surface area contributed by atoms with Crippen molar-refractivity contribution in [1.82, 2.24) is 14.9 Å². The molecule has 1 aliphatic carbocycles. The van der Waals surface area contributed by atoms with Gasteiger partial charge in [0.15, 0.2) is 17.3 Å². The Bertz CT molecular complexity index is 2190. The van der Waals surface area contributed by atoms with E-state index in [4.69, 9.17) is 25.8 Å². The number of Topliss-reactive ketones (excluding diaryl/α,β-unsaturated/α-hetero) is 2. The number of nitrogens with one attached hydrogen (secondary N) is 1. The molecular weight excluding hydrogens is 701 g/mol. The number of aliphatic hydroxyl groups is 1. The van der Waals surface area contributed by atoms with Gasteiger partial charge >= 0.3 is 0 Å². The molecule has 266 valence electrons. The second-order valence-corrected chi connectivity index (χ2v) is 13.7. The number of nitrogens with zero attached hydrogens (tertiary/aromatic N) is 2. The average Bonchev–Trinajstić information content (AvgIpc) is 3.43. The number of aliphatic hydroxyl groups excluding tert-OH is 1. The number of fused-ring (bicyclic) bond motifs is 2. The number of aryl methyl sites for hydroxylation is 1. The van der Waals surface area contributed by atoms with Gasteiger partial charge in [-0.25, -0.2) is 9.37 Å². The molecule has 1 amide bonds. The fourth-order valence-electron chi connectivity index (χ4n) is 6.89. The maximum absolute atomic E-state index is 14.3. The first-order valence-corrected chi connectivity index (χ1v) is 17.7. The van der Waals surface area contributed by atoms with Gasteiger partial charge in [-0.3, -0.25) is 23.7 Å². The summed E-state index contributed by atoms with van der Waals surface area (Å²) in [7, 11) is 2.77. The van der Waals surface area contributed by atoms with E-state index in [0.29, 0.717) is 16.9 Å². The lowest BCUT2D eigenvalue weighted by molar-refractivity contribution is -0.121. The van der Waals surface area contributed by atoms with Crippen molar-refractivity contribution in [1.29, 1.82) is 0 Å². The summed E-state index contributed by atoms with van der Waals surface area (Å²) in [6.45, 7) is 3.33. The van der Waals surface area contributed by atoms with E-state index in [9.17, 15) is 28.7 Å². The van der Waals surface area contributed by atoms with Crippen LogP contribution in [0.25, 0.3) is 10.9 Å². The highest BCUT2D eigenvalue weighted by Gasteiger charge is 2.61. The zero-order chi connectivity index (χ0) is 36.8. The van der Waals surface area contributed by atoms with Crippen LogP contribution in [0.1, 0.15) is 47.4 Å². The van der Waals surface area contributed by atoms with E-state index in [0.717, 1.165) is 11.0 Å². The SMILES string of the molecule is COc1cc(OC)c2c(c1Cl)OC1(C2=O)C(O)=C(C(CC(=O)NCCn2c(C)nc3ccc(F)cc3c2=O)c2ccc(SC)cc2)C(=O)CC1C. The third-order valence-corrected chi connectivity index (χ3v) is 10.6. The molecule has 3 atom stereocenters. The zero-order valence-electron chi connectivity index (χ0n) is 28.5. The number of thioether (sulfide) groups is 1. The van der Waals surface area contributed by atoms with Crippen LogP contribution in [0, 0.1) is 18.7 Å². The Kier molecular flexibility index (Phi) is 9.88. The van der Waals surface area contributed by atoms with Gasteiger partial charge < -0.3 is 24.6 Å². The quantitative estimate of drug-likeness (QED) is 0.187. The molecule has 2 aliphatic rings. The summed E-state index contributed by atoms with van der Waals surface area (Å²) >= 11 is 8.10. The van der Waals surface area contributed by atoms with Gasteiger partial charge in [0.2, 0.25) is 17.3 Å². The van der Waals surface area contributed by atoms with Crippen molar-refractivity contribution in [2.24, 2.45) is 5.92 Å². The van der Waals surface area contributed by atoms with Crippen molar-refractivity contribution in [2.45, 2.75) is 49.6 Å². The zero-order valence-corrected chi connectivity index (χ0v) is 30.0. The lowest BCUT2D eigenvalue weighted by Gasteiger charge is -2.38. The van der Waals surface area contributed by atoms with E-state index in [1.165, 1.54) is 48.7 Å². The number of halogens is 2. The van der Waals surface area contributed by atoms with Crippen LogP contribution in [-0.4, -0.2) is 64.8 Å². The number of allylic oxidation sites excluding steroid dienone is 1. The average molecular weight is 736 g/mol. The lowest BCUT2D eigenvalue weighted by atomic mass is 9.69. The van der Waals surface area contributed by atoms with Crippen LogP contribution >= 0.6 is 23.4 Å². The molecule has 0 fully saturated rings. The first kappa shape index (κ1) is 35.9. The molecular formula is C37H35ClFN3O8S. The van der Waals surface area contributed by atoms with E-state index in [2.05, 4.69) is 10.3 Å². The summed E-state index contributed by atoms with van der Waals surface area (Å²) in [6.07, 6.45) is 1.45. The number of carbonyl (C=O) groups excluding carboxylic acids is 3. The van der Waals surface area contributed by atoms with Crippen molar-refractivity contribution >= 4 is 51.7 Å². The second kappa shape index (κ2) is 14.0. The first-order chi connectivity index (χ1) is 24.4. The van der Waals surface area contributed by atoms with Crippen LogP contribution in [0.2, 0.25) is 5.02 Å². The highest BCUT2D eigenvalue weighted by molar-refractivity contribution is 7.98. The molecule has 6 rings (SSSR count). The molecule has 3 unspecified atom stereocenters. The molecule has 0 bridgehead atoms. The van der Waals surface area contributed by atoms with E-state index in [1.54, 1.807) is 26.0 Å². The van der Waals surface area contributed by atoms with Gasteiger partial charge in [0.05, 0.1) is 25.1 Å². The fourth-order valence-corrected chi connectivity index (χ4v) is 7.57. The normalized spacial score (nSPS) is 18.9. The Morgan fingerprint density at radius 1 is 1.16 bits per heavy atom. The number of hydrogen-bond acceptors (Lipinski definition) is 10. The predicted molar refractivity (Wildman–Crippen MR) is 190 cm³/mol. The summed E-state index contributed by atoms with van der Waals surface area (Å²) in [4.78, 5) is 60.3. The molecule has 1 aliphatic heterocycles. The molecule has 14 heteroatoms. The largest absolute Gasteiger partial charge is 0.507 e. The molecule has 0 radical (unpaired) electrons. The third-order valence-electron chi connectivity index (χ3n) is 9.53. The number of aromatic nitrogens is 2. The van der Waals surface area contributed by atoms with Gasteiger partial charge in [-0.05, 0) is 49.1 Å². The molecule has 51 heavy (non-hydrogen) atoms. The topological polar surface area (TPSA) is 146 Å². The Morgan fingerprint density at radius 3 is 2.53 bits per heavy atom. The van der Waals surface area contributed by atoms with Gasteiger partial charge in [-0.1, -0.05) is 30.7 Å². The van der Waals surface area contributed by atoms with Crippen LogP contribution in [0.15, 0.2) is 69.6 Å². The second-order valence-electron chi connectivity index (χ2n) is 12.4. The Labute approximate surface area is 301 Å². The lowest BCUT2D eigenvalue weighted by Crippen LogP contribution is -2.53. The summed E-state index contributed by atoms with van der Waals surface area (Å²) in [5.41, 5.74) is -1.68. The minimum atomic E-state index is -2.02. The fraction of sp³-hybridized carbons (Fsp3) is 0.324. The van der Waals surface area contributed by atoms with E-state index in [-0.39, 0.29) is 64.7 Å². The minimum Gasteiger partial charge on any atom is -0.507 e. The van der Waals surface area contributed by atoms with Crippen molar-refractivity contribution in [3.63, 3.8) is 0 Å². The highest BCUT2D eigenvalue weighted by Crippen LogP contribution is 2.55. The van der Waals surface area contributed by atoms with E-state index >= 15 is 0 Å². The number of carbonyl (C=O) groups is 3. The number of methoxy groups -OCH3 is 2. The summed E-state index contributed by atoms with van der Waals surface area (Å²) in [5.74, 6) is -3.90. The standard InChI is InChI=1S/C37H35ClFN3O8S/c1-18-14-26(43)30(34(45)37(18)35(46)31-27(48-3)17-28(49-4)32(38)33(31)50-37)23(20-6-9-22(51-5)10-7-20)16-29(44)40-12-13-42-19(2)41-25-11-8-21(39)15-24(25)36(42)47/h6-11,15,17-18,23,45H,12-14,16H2,1-5H3,(H,40,44). The Morgan fingerprint density at radius 2 is 1.86 bits per heavy atom. The number of amides is 1. The van der Waals surface area contributed by atoms with Crippen molar-refractivity contribution in [2.75, 3.05) is 27.0 Å². The molecule has 1 aromatic heterocycles. The number of rotatable bonds is 10. The van der Waals surface area contributed by atoms with Gasteiger partial charge in [-0.15, -0.1) is 11.8 Å². The van der Waals surface area contributed by atoms with Crippen LogP contribution in [0.4, 0.5) is 4.39 Å². The van der Waals surface area contributed by atoms with Gasteiger partial charge in [0.25, 0.3) is 5.56 Å². The number of benzene rings is 3. The Balaban J connectivity index is 1.35. The highest BCUT2D eigenvalue weighted by atomic mass is 35.5. The molecule has 0 saturated heterocycles. The monoisotopic (exact) mass is 735 g/mol. The van der Waals surface area contributed by atoms with Crippen molar-refractivity contribution in [3.8, 4) is 17.2 Å². The van der Waals surface area contributed by atoms with Crippen LogP contribution < -0.4 is 25.1 Å². The van der Waals surface area contributed by atoms with Gasteiger partial charge in [0.1, 0.15) is 33.7 Å². The van der Waals surface area contributed by atoms with E-state index < -0.39 is 52.0 Å². The van der Waals surface area contributed by atoms with Crippen LogP contribution in [0.3, 0.4) is 0 Å². The molecule has 2 N–H and O–H groups in total. The van der Waals surface area contributed by atoms with Gasteiger partial charge in [0, 0.05) is 54.3 Å². The molecule has 0 saturated carbocycles. The van der Waals surface area contributed by atoms with Crippen LogP contribution in [0.5, 0.6) is 17.2 Å². The molecule has 11 nitrogen and oxygen atoms in total. The summed E-state index contributed by atoms with van der Waals surface area (Å²) in [5, 5.41) is 15.0. The van der Waals surface area contributed by atoms with Crippen molar-refractivity contribution in [3.05, 3.63) is 98.0 Å². The third kappa shape index (κ3) is 6.12. The summed E-state index contributed by atoms with van der Waals surface area (Å²) < 4.78 is 32.4. The molecule has 4 aromatic rings. The number of ether oxygens (including phenoxy) is 3. The summed E-state index contributed by atoms with van der Waals surface area (Å²) in [6, 6.07) is 12.4. The van der Waals surface area contributed by atoms with E-state index in [1.807, 2.05) is 18.4 Å². The number of ketones is 2. The van der Waals surface area contributed by atoms with Gasteiger partial charge in [-0.2, -0.15) is 0 Å². The molecule has 2 heterocycles.